The number of benzene rings is 1. The molecule has 1 N–H and O–H groups in total. The second kappa shape index (κ2) is 6.44. The first-order valence-electron chi connectivity index (χ1n) is 6.33. The molecule has 0 aliphatic rings. The summed E-state index contributed by atoms with van der Waals surface area (Å²) in [7, 11) is 0. The van der Waals surface area contributed by atoms with E-state index in [1.165, 1.54) is 0 Å². The molecule has 19 heavy (non-hydrogen) atoms. The second-order valence-corrected chi connectivity index (χ2v) is 5.79. The third-order valence-electron chi connectivity index (χ3n) is 3.10. The molecular weight excluding hydrogens is 326 g/mol. The Hall–Kier alpha value is -1.00. The molecule has 102 valence electrons. The molecule has 1 aromatic heterocycles. The van der Waals surface area contributed by atoms with Crippen molar-refractivity contribution in [3.05, 3.63) is 45.7 Å². The van der Waals surface area contributed by atoms with E-state index in [4.69, 9.17) is 11.6 Å². The van der Waals surface area contributed by atoms with Crippen LogP contribution in [0.25, 0.3) is 0 Å². The number of hydrogen-bond acceptors (Lipinski definition) is 2. The Kier molecular flexibility index (Phi) is 4.88. The molecule has 5 heteroatoms. The number of nitrogens with one attached hydrogen (secondary N) is 1. The van der Waals surface area contributed by atoms with Crippen LogP contribution in [0.3, 0.4) is 0 Å². The van der Waals surface area contributed by atoms with Crippen LogP contribution < -0.4 is 5.32 Å². The summed E-state index contributed by atoms with van der Waals surface area (Å²) in [5, 5.41) is 8.57. The Balaban J connectivity index is 1.98. The van der Waals surface area contributed by atoms with Crippen molar-refractivity contribution >= 4 is 33.2 Å². The highest BCUT2D eigenvalue weighted by Gasteiger charge is 2.05. The average Bonchev–Trinajstić information content (AvgIpc) is 2.88. The molecule has 1 heterocycles. The van der Waals surface area contributed by atoms with Gasteiger partial charge in [0, 0.05) is 22.4 Å². The molecule has 0 amide bonds. The minimum absolute atomic E-state index is 0.441. The van der Waals surface area contributed by atoms with Gasteiger partial charge in [-0.25, -0.2) is 0 Å². The average molecular weight is 343 g/mol. The Labute approximate surface area is 127 Å². The minimum atomic E-state index is 0.441. The van der Waals surface area contributed by atoms with Crippen molar-refractivity contribution in [3.8, 4) is 0 Å². The minimum Gasteiger partial charge on any atom is -0.379 e. The maximum Gasteiger partial charge on any atom is 0.0815 e. The third kappa shape index (κ3) is 3.74. The van der Waals surface area contributed by atoms with Gasteiger partial charge in [-0.1, -0.05) is 18.5 Å². The number of hydrogen-bond donors (Lipinski definition) is 1. The van der Waals surface area contributed by atoms with E-state index in [-0.39, 0.29) is 0 Å². The standard InChI is InChI=1S/C14H17BrClN3/c1-3-10(2)19-7-6-12(18-19)9-17-11-4-5-13(15)14(16)8-11/h4-8,10,17H,3,9H2,1-2H3. The molecule has 1 unspecified atom stereocenters. The highest BCUT2D eigenvalue weighted by atomic mass is 79.9. The van der Waals surface area contributed by atoms with Gasteiger partial charge in [0.25, 0.3) is 0 Å². The first kappa shape index (κ1) is 14.4. The van der Waals surface area contributed by atoms with E-state index in [9.17, 15) is 0 Å². The maximum atomic E-state index is 6.05. The number of nitrogens with zero attached hydrogens (tertiary/aromatic N) is 2. The molecule has 2 aromatic rings. The van der Waals surface area contributed by atoms with Crippen LogP contribution in [0.1, 0.15) is 32.0 Å². The third-order valence-corrected chi connectivity index (χ3v) is 4.33. The van der Waals surface area contributed by atoms with Gasteiger partial charge >= 0.3 is 0 Å². The molecule has 0 bridgehead atoms. The van der Waals surface area contributed by atoms with Gasteiger partial charge in [-0.2, -0.15) is 5.10 Å². The van der Waals surface area contributed by atoms with Crippen LogP contribution in [-0.2, 0) is 6.54 Å². The fourth-order valence-corrected chi connectivity index (χ4v) is 2.13. The summed E-state index contributed by atoms with van der Waals surface area (Å²) in [5.74, 6) is 0. The predicted octanol–water partition coefficient (Wildman–Crippen LogP) is 4.88. The van der Waals surface area contributed by atoms with Gasteiger partial charge in [0.1, 0.15) is 0 Å². The lowest BCUT2D eigenvalue weighted by atomic mass is 10.3. The number of rotatable bonds is 5. The lowest BCUT2D eigenvalue weighted by Crippen LogP contribution is -2.06. The summed E-state index contributed by atoms with van der Waals surface area (Å²) in [5.41, 5.74) is 2.02. The molecule has 0 aliphatic carbocycles. The van der Waals surface area contributed by atoms with Gasteiger partial charge < -0.3 is 5.32 Å². The fourth-order valence-electron chi connectivity index (χ4n) is 1.70. The highest BCUT2D eigenvalue weighted by molar-refractivity contribution is 9.10. The zero-order valence-corrected chi connectivity index (χ0v) is 13.4. The molecule has 0 aliphatic heterocycles. The molecule has 0 spiro atoms. The summed E-state index contributed by atoms with van der Waals surface area (Å²) in [6.45, 7) is 5.02. The van der Waals surface area contributed by atoms with Gasteiger partial charge in [-0.3, -0.25) is 4.68 Å². The molecule has 1 aromatic carbocycles. The Morgan fingerprint density at radius 3 is 2.89 bits per heavy atom. The zero-order valence-electron chi connectivity index (χ0n) is 11.0. The van der Waals surface area contributed by atoms with Crippen molar-refractivity contribution < 1.29 is 0 Å². The highest BCUT2D eigenvalue weighted by Crippen LogP contribution is 2.25. The summed E-state index contributed by atoms with van der Waals surface area (Å²) in [4.78, 5) is 0. The molecule has 0 fully saturated rings. The number of anilines is 1. The summed E-state index contributed by atoms with van der Waals surface area (Å²) < 4.78 is 2.91. The van der Waals surface area contributed by atoms with Crippen LogP contribution in [0, 0.1) is 0 Å². The molecule has 1 atom stereocenters. The summed E-state index contributed by atoms with van der Waals surface area (Å²) in [6, 6.07) is 8.30. The monoisotopic (exact) mass is 341 g/mol. The molecule has 3 nitrogen and oxygen atoms in total. The van der Waals surface area contributed by atoms with E-state index in [0.717, 1.165) is 22.3 Å². The van der Waals surface area contributed by atoms with Crippen molar-refractivity contribution in [1.82, 2.24) is 9.78 Å². The predicted molar refractivity (Wildman–Crippen MR) is 83.7 cm³/mol. The van der Waals surface area contributed by atoms with Gasteiger partial charge in [-0.05, 0) is 53.5 Å². The van der Waals surface area contributed by atoms with E-state index in [2.05, 4.69) is 40.2 Å². The van der Waals surface area contributed by atoms with E-state index in [0.29, 0.717) is 17.6 Å². The van der Waals surface area contributed by atoms with E-state index >= 15 is 0 Å². The van der Waals surface area contributed by atoms with Gasteiger partial charge in [0.05, 0.1) is 17.3 Å². The smallest absolute Gasteiger partial charge is 0.0815 e. The first-order chi connectivity index (χ1) is 9.10. The van der Waals surface area contributed by atoms with Gasteiger partial charge in [0.2, 0.25) is 0 Å². The Morgan fingerprint density at radius 1 is 1.42 bits per heavy atom. The molecular formula is C14H17BrClN3. The van der Waals surface area contributed by atoms with E-state index in [1.54, 1.807) is 0 Å². The first-order valence-corrected chi connectivity index (χ1v) is 7.50. The fraction of sp³-hybridized carbons (Fsp3) is 0.357. The lowest BCUT2D eigenvalue weighted by molar-refractivity contribution is 0.474. The van der Waals surface area contributed by atoms with Crippen molar-refractivity contribution in [2.45, 2.75) is 32.9 Å². The van der Waals surface area contributed by atoms with Crippen LogP contribution in [0.15, 0.2) is 34.9 Å². The van der Waals surface area contributed by atoms with Crippen LogP contribution in [0.5, 0.6) is 0 Å². The van der Waals surface area contributed by atoms with Crippen molar-refractivity contribution in [3.63, 3.8) is 0 Å². The largest absolute Gasteiger partial charge is 0.379 e. The molecule has 0 radical (unpaired) electrons. The number of halogens is 2. The zero-order chi connectivity index (χ0) is 13.8. The van der Waals surface area contributed by atoms with Crippen LogP contribution >= 0.6 is 27.5 Å². The van der Waals surface area contributed by atoms with Gasteiger partial charge in [-0.15, -0.1) is 0 Å². The maximum absolute atomic E-state index is 6.05. The molecule has 0 saturated heterocycles. The van der Waals surface area contributed by atoms with E-state index in [1.807, 2.05) is 35.1 Å². The number of aromatic nitrogens is 2. The van der Waals surface area contributed by atoms with Gasteiger partial charge in [0.15, 0.2) is 0 Å². The van der Waals surface area contributed by atoms with Crippen LogP contribution in [-0.4, -0.2) is 9.78 Å². The van der Waals surface area contributed by atoms with Crippen molar-refractivity contribution in [1.29, 1.82) is 0 Å². The van der Waals surface area contributed by atoms with Crippen molar-refractivity contribution in [2.24, 2.45) is 0 Å². The quantitative estimate of drug-likeness (QED) is 0.839. The second-order valence-electron chi connectivity index (χ2n) is 4.53. The summed E-state index contributed by atoms with van der Waals surface area (Å²) >= 11 is 9.43. The van der Waals surface area contributed by atoms with Crippen molar-refractivity contribution in [2.75, 3.05) is 5.32 Å². The SMILES string of the molecule is CCC(C)n1ccc(CNc2ccc(Br)c(Cl)c2)n1. The van der Waals surface area contributed by atoms with E-state index < -0.39 is 0 Å². The Bertz CT molecular complexity index is 553. The topological polar surface area (TPSA) is 29.9 Å². The molecule has 2 rings (SSSR count). The lowest BCUT2D eigenvalue weighted by Gasteiger charge is -2.09. The Morgan fingerprint density at radius 2 is 2.21 bits per heavy atom. The van der Waals surface area contributed by atoms with Crippen LogP contribution in [0.4, 0.5) is 5.69 Å². The summed E-state index contributed by atoms with van der Waals surface area (Å²) in [6.07, 6.45) is 3.11. The van der Waals surface area contributed by atoms with Crippen LogP contribution in [0.2, 0.25) is 5.02 Å². The molecule has 0 saturated carbocycles. The normalized spacial score (nSPS) is 12.4.